The molecule has 0 aromatic rings. The van der Waals surface area contributed by atoms with Crippen molar-refractivity contribution >= 4 is 37.2 Å². The predicted octanol–water partition coefficient (Wildman–Crippen LogP) is 1.49. The number of ether oxygens (including phenoxy) is 2. The Bertz CT molecular complexity index is 221. The summed E-state index contributed by atoms with van der Waals surface area (Å²) in [5.74, 6) is -0.748. The van der Waals surface area contributed by atoms with Gasteiger partial charge in [0.1, 0.15) is 12.7 Å². The Morgan fingerprint density at radius 2 is 1.81 bits per heavy atom. The summed E-state index contributed by atoms with van der Waals surface area (Å²) in [5, 5.41) is 0. The molecular weight excluding hydrogens is 248 g/mol. The molecule has 0 amide bonds. The van der Waals surface area contributed by atoms with Gasteiger partial charge >= 0.3 is 11.9 Å². The van der Waals surface area contributed by atoms with Crippen molar-refractivity contribution in [2.75, 3.05) is 18.1 Å². The molecule has 0 spiro atoms. The maximum Gasteiger partial charge on any atom is 0.316 e. The van der Waals surface area contributed by atoms with Gasteiger partial charge in [-0.05, 0) is 12.8 Å². The van der Waals surface area contributed by atoms with Crippen molar-refractivity contribution in [2.45, 2.75) is 32.3 Å². The first kappa shape index (κ1) is 15.6. The first-order valence-electron chi connectivity index (χ1n) is 5.20. The molecule has 0 fully saturated rings. The van der Waals surface area contributed by atoms with E-state index in [2.05, 4.69) is 25.3 Å². The minimum atomic E-state index is -0.410. The van der Waals surface area contributed by atoms with Crippen molar-refractivity contribution in [1.82, 2.24) is 0 Å². The van der Waals surface area contributed by atoms with E-state index in [1.54, 1.807) is 0 Å². The molecule has 16 heavy (non-hydrogen) atoms. The number of esters is 2. The highest BCUT2D eigenvalue weighted by Gasteiger charge is 2.15. The van der Waals surface area contributed by atoms with Gasteiger partial charge in [0.2, 0.25) is 0 Å². The maximum atomic E-state index is 11.0. The number of hydrogen-bond acceptors (Lipinski definition) is 6. The third-order valence-electron chi connectivity index (χ3n) is 1.87. The van der Waals surface area contributed by atoms with Gasteiger partial charge < -0.3 is 9.47 Å². The van der Waals surface area contributed by atoms with Crippen LogP contribution in [-0.4, -0.2) is 36.2 Å². The van der Waals surface area contributed by atoms with Gasteiger partial charge in [-0.2, -0.15) is 25.3 Å². The number of hydrogen-bond donors (Lipinski definition) is 2. The van der Waals surface area contributed by atoms with Crippen LogP contribution in [0.2, 0.25) is 0 Å². The van der Waals surface area contributed by atoms with Gasteiger partial charge in [-0.1, -0.05) is 13.3 Å². The Morgan fingerprint density at radius 3 is 2.31 bits per heavy atom. The molecule has 0 aromatic heterocycles. The number of carbonyl (C=O) groups excluding carboxylic acids is 2. The molecule has 1 unspecified atom stereocenters. The largest absolute Gasteiger partial charge is 0.461 e. The standard InChI is InChI=1S/C10H18O4S2/c1-2-3-4-8(14-10(12)7-16)5-13-9(11)6-15/h8,15-16H,2-7H2,1H3. The second kappa shape index (κ2) is 9.84. The third kappa shape index (κ3) is 7.87. The minimum Gasteiger partial charge on any atom is -0.461 e. The minimum absolute atomic E-state index is 0.0288. The molecule has 0 heterocycles. The highest BCUT2D eigenvalue weighted by atomic mass is 32.1. The number of rotatable bonds is 8. The molecule has 0 saturated heterocycles. The first-order chi connectivity index (χ1) is 7.63. The molecule has 0 bridgehead atoms. The summed E-state index contributed by atoms with van der Waals surface area (Å²) < 4.78 is 9.96. The monoisotopic (exact) mass is 266 g/mol. The van der Waals surface area contributed by atoms with E-state index < -0.39 is 11.9 Å². The van der Waals surface area contributed by atoms with E-state index in [9.17, 15) is 9.59 Å². The van der Waals surface area contributed by atoms with Gasteiger partial charge in [0.25, 0.3) is 0 Å². The summed E-state index contributed by atoms with van der Waals surface area (Å²) in [5.41, 5.74) is 0. The maximum absolute atomic E-state index is 11.0. The lowest BCUT2D eigenvalue weighted by molar-refractivity contribution is -0.156. The molecule has 6 heteroatoms. The van der Waals surface area contributed by atoms with Gasteiger partial charge in [0, 0.05) is 0 Å². The molecule has 0 N–H and O–H groups in total. The summed E-state index contributed by atoms with van der Waals surface area (Å²) in [6.45, 7) is 2.14. The van der Waals surface area contributed by atoms with E-state index in [0.717, 1.165) is 12.8 Å². The van der Waals surface area contributed by atoms with Crippen molar-refractivity contribution in [3.63, 3.8) is 0 Å². The van der Waals surface area contributed by atoms with Crippen LogP contribution in [0.4, 0.5) is 0 Å². The summed E-state index contributed by atoms with van der Waals surface area (Å²) in [6, 6.07) is 0. The van der Waals surface area contributed by atoms with Crippen LogP contribution in [0.1, 0.15) is 26.2 Å². The molecule has 4 nitrogen and oxygen atoms in total. The molecule has 1 atom stereocenters. The molecular formula is C10H18O4S2. The summed E-state index contributed by atoms with van der Waals surface area (Å²) in [4.78, 5) is 21.9. The summed E-state index contributed by atoms with van der Waals surface area (Å²) >= 11 is 7.60. The van der Waals surface area contributed by atoms with E-state index in [1.807, 2.05) is 6.92 Å². The van der Waals surface area contributed by atoms with E-state index >= 15 is 0 Å². The van der Waals surface area contributed by atoms with Crippen LogP contribution in [0.5, 0.6) is 0 Å². The van der Waals surface area contributed by atoms with Crippen molar-refractivity contribution < 1.29 is 19.1 Å². The SMILES string of the molecule is CCCCC(COC(=O)CS)OC(=O)CS. The number of carbonyl (C=O) groups is 2. The van der Waals surface area contributed by atoms with Gasteiger partial charge in [-0.3, -0.25) is 9.59 Å². The van der Waals surface area contributed by atoms with Gasteiger partial charge in [0.15, 0.2) is 0 Å². The fourth-order valence-electron chi connectivity index (χ4n) is 1.06. The second-order valence-corrected chi connectivity index (χ2v) is 3.89. The van der Waals surface area contributed by atoms with Crippen LogP contribution in [0.15, 0.2) is 0 Å². The van der Waals surface area contributed by atoms with Crippen molar-refractivity contribution in [1.29, 1.82) is 0 Å². The van der Waals surface area contributed by atoms with Gasteiger partial charge in [0.05, 0.1) is 11.5 Å². The van der Waals surface area contributed by atoms with Crippen LogP contribution in [0, 0.1) is 0 Å². The van der Waals surface area contributed by atoms with E-state index in [0.29, 0.717) is 6.42 Å². The van der Waals surface area contributed by atoms with Crippen LogP contribution in [0.3, 0.4) is 0 Å². The lowest BCUT2D eigenvalue weighted by atomic mass is 10.2. The second-order valence-electron chi connectivity index (χ2n) is 3.25. The summed E-state index contributed by atoms with van der Waals surface area (Å²) in [6.07, 6.45) is 2.23. The van der Waals surface area contributed by atoms with E-state index in [-0.39, 0.29) is 24.2 Å². The molecule has 0 radical (unpaired) electrons. The zero-order valence-corrected chi connectivity index (χ0v) is 11.1. The predicted molar refractivity (Wildman–Crippen MR) is 68.1 cm³/mol. The average molecular weight is 266 g/mol. The van der Waals surface area contributed by atoms with Gasteiger partial charge in [-0.25, -0.2) is 0 Å². The molecule has 0 rings (SSSR count). The van der Waals surface area contributed by atoms with Crippen LogP contribution < -0.4 is 0 Å². The Kier molecular flexibility index (Phi) is 9.62. The van der Waals surface area contributed by atoms with Crippen LogP contribution in [0.25, 0.3) is 0 Å². The Hall–Kier alpha value is -0.360. The highest BCUT2D eigenvalue weighted by molar-refractivity contribution is 7.81. The Morgan fingerprint density at radius 1 is 1.19 bits per heavy atom. The lowest BCUT2D eigenvalue weighted by Gasteiger charge is -2.16. The number of thiol groups is 2. The summed E-state index contributed by atoms with van der Waals surface area (Å²) in [7, 11) is 0. The van der Waals surface area contributed by atoms with E-state index in [4.69, 9.17) is 9.47 Å². The smallest absolute Gasteiger partial charge is 0.316 e. The van der Waals surface area contributed by atoms with Crippen molar-refractivity contribution in [3.8, 4) is 0 Å². The molecule has 0 saturated carbocycles. The lowest BCUT2D eigenvalue weighted by Crippen LogP contribution is -2.26. The number of unbranched alkanes of at least 4 members (excludes halogenated alkanes) is 1. The quantitative estimate of drug-likeness (QED) is 0.516. The Balaban J connectivity index is 3.98. The van der Waals surface area contributed by atoms with Crippen LogP contribution in [-0.2, 0) is 19.1 Å². The molecule has 94 valence electrons. The first-order valence-corrected chi connectivity index (χ1v) is 6.47. The molecule has 0 aliphatic heterocycles. The third-order valence-corrected chi connectivity index (χ3v) is 2.38. The normalized spacial score (nSPS) is 11.9. The van der Waals surface area contributed by atoms with Crippen LogP contribution >= 0.6 is 25.3 Å². The highest BCUT2D eigenvalue weighted by Crippen LogP contribution is 2.07. The van der Waals surface area contributed by atoms with Crippen molar-refractivity contribution in [2.24, 2.45) is 0 Å². The topological polar surface area (TPSA) is 52.6 Å². The van der Waals surface area contributed by atoms with Gasteiger partial charge in [-0.15, -0.1) is 0 Å². The molecule has 0 aliphatic carbocycles. The van der Waals surface area contributed by atoms with Crippen molar-refractivity contribution in [3.05, 3.63) is 0 Å². The van der Waals surface area contributed by atoms with E-state index in [1.165, 1.54) is 0 Å². The fourth-order valence-corrected chi connectivity index (χ4v) is 1.23. The molecule has 0 aromatic carbocycles. The Labute approximate surface area is 107 Å². The zero-order chi connectivity index (χ0) is 12.4. The zero-order valence-electron chi connectivity index (χ0n) is 9.35. The fraction of sp³-hybridized carbons (Fsp3) is 0.800. The average Bonchev–Trinajstić information content (AvgIpc) is 2.31. The molecule has 0 aliphatic rings.